The number of aromatic nitrogens is 2. The number of hydrogen-bond donors (Lipinski definition) is 3. The summed E-state index contributed by atoms with van der Waals surface area (Å²) < 4.78 is 4.79. The molecule has 96 heavy (non-hydrogen) atoms. The molecule has 0 saturated carbocycles. The Bertz CT molecular complexity index is 5640. The molecule has 14 rings (SSSR count). The fraction of sp³-hybridized carbons (Fsp3) is 0.167. The van der Waals surface area contributed by atoms with Crippen molar-refractivity contribution >= 4 is 164 Å². The van der Waals surface area contributed by atoms with Gasteiger partial charge in [-0.15, -0.1) is 90.7 Å². The van der Waals surface area contributed by atoms with Crippen molar-refractivity contribution in [2.75, 3.05) is 6.54 Å². The van der Waals surface area contributed by atoms with Crippen molar-refractivity contribution < 1.29 is 24.6 Å². The van der Waals surface area contributed by atoms with Crippen LogP contribution in [0.2, 0.25) is 0 Å². The Balaban J connectivity index is 0.000000174. The number of carbonyl (C=O) groups excluding carboxylic acids is 1. The second-order valence-electron chi connectivity index (χ2n) is 23.8. The summed E-state index contributed by atoms with van der Waals surface area (Å²) in [5.74, 6) is -3.06. The molecule has 10 heterocycles. The van der Waals surface area contributed by atoms with E-state index in [1.54, 1.807) is 34.8 Å². The lowest BCUT2D eigenvalue weighted by atomic mass is 10.1. The van der Waals surface area contributed by atoms with Crippen molar-refractivity contribution in [1.29, 1.82) is 10.5 Å². The Morgan fingerprint density at radius 1 is 0.406 bits per heavy atom. The van der Waals surface area contributed by atoms with Crippen LogP contribution in [-0.4, -0.2) is 43.7 Å². The molecule has 14 aromatic rings. The predicted molar refractivity (Wildman–Crippen MR) is 410 cm³/mol. The molecule has 0 aliphatic rings. The van der Waals surface area contributed by atoms with Gasteiger partial charge in [0.05, 0.1) is 0 Å². The Morgan fingerprint density at radius 2 is 0.719 bits per heavy atom. The topological polar surface area (TPSA) is 161 Å². The summed E-state index contributed by atoms with van der Waals surface area (Å²) >= 11 is 14.0. The summed E-state index contributed by atoms with van der Waals surface area (Å²) in [6.07, 6.45) is 3.02. The Kier molecular flexibility index (Phi) is 18.4. The molecule has 18 heteroatoms. The number of nitriles is 2. The number of carboxylic acids is 2. The van der Waals surface area contributed by atoms with Crippen molar-refractivity contribution in [3.05, 3.63) is 199 Å². The maximum absolute atomic E-state index is 12.4. The molecule has 0 spiro atoms. The summed E-state index contributed by atoms with van der Waals surface area (Å²) in [4.78, 5) is 53.4. The van der Waals surface area contributed by atoms with Crippen LogP contribution in [0.3, 0.4) is 0 Å². The minimum atomic E-state index is -1.20. The standard InChI is InChI=1S/C40H33N3O3S4.C38H30N2O2S4/c1-6-43-29-10-8-7-9-27(29)28-17-25(11-12-30(28)43)32-14-22(3)38(48-32)34-16-24(5)39(50-34)35-15-23(4)37(49-35)33-13-21(2)31(47-33)18-26(19-41)40(46)42-20-36(44)45;1-6-40-28-10-8-7-9-26(28)27-17-24(11-12-29(27)40)31-14-21(3)36(44-31)33-16-23(5)37(46-33)34-15-22(4)35(45-34)32-13-20(2)30(43-32)18-25(19-39)38(41)42/h7-18H,6,20H2,1-5H3,(H,42,46)(H,44,45);7-18H,6H2,1-5H3,(H,41,42)/b26-18+;25-18+. The van der Waals surface area contributed by atoms with Gasteiger partial charge in [0.1, 0.15) is 29.8 Å². The molecule has 4 aromatic carbocycles. The Morgan fingerprint density at radius 3 is 1.06 bits per heavy atom. The van der Waals surface area contributed by atoms with Crippen LogP contribution in [0.5, 0.6) is 0 Å². The normalized spacial score (nSPS) is 11.9. The van der Waals surface area contributed by atoms with Gasteiger partial charge in [0.2, 0.25) is 0 Å². The van der Waals surface area contributed by atoms with Gasteiger partial charge in [0.25, 0.3) is 5.91 Å². The van der Waals surface area contributed by atoms with E-state index >= 15 is 0 Å². The second-order valence-corrected chi connectivity index (χ2v) is 32.2. The van der Waals surface area contributed by atoms with Crippen molar-refractivity contribution in [3.63, 3.8) is 0 Å². The third-order valence-electron chi connectivity index (χ3n) is 17.2. The molecule has 0 aliphatic carbocycles. The smallest absolute Gasteiger partial charge is 0.346 e. The van der Waals surface area contributed by atoms with Crippen LogP contribution in [0.15, 0.2) is 145 Å². The zero-order valence-corrected chi connectivity index (χ0v) is 60.7. The molecule has 3 N–H and O–H groups in total. The number of carboxylic acid groups (broad SMARTS) is 2. The van der Waals surface area contributed by atoms with Gasteiger partial charge in [-0.2, -0.15) is 10.5 Å². The van der Waals surface area contributed by atoms with E-state index in [2.05, 4.69) is 203 Å². The molecule has 0 atom stereocenters. The minimum Gasteiger partial charge on any atom is -0.480 e. The summed E-state index contributed by atoms with van der Waals surface area (Å²) in [5.41, 5.74) is 16.6. The van der Waals surface area contributed by atoms with Crippen LogP contribution < -0.4 is 5.32 Å². The minimum absolute atomic E-state index is 0.121. The number of benzene rings is 4. The first-order chi connectivity index (χ1) is 46.2. The van der Waals surface area contributed by atoms with E-state index in [1.165, 1.54) is 171 Å². The molecule has 0 unspecified atom stereocenters. The van der Waals surface area contributed by atoms with Crippen LogP contribution in [-0.2, 0) is 27.5 Å². The number of aliphatic carboxylic acids is 2. The number of hydrogen-bond acceptors (Lipinski definition) is 13. The van der Waals surface area contributed by atoms with Crippen molar-refractivity contribution in [1.82, 2.24) is 14.5 Å². The highest BCUT2D eigenvalue weighted by atomic mass is 32.1. The molecule has 0 fully saturated rings. The molecule has 0 saturated heterocycles. The van der Waals surface area contributed by atoms with E-state index in [0.717, 1.165) is 48.6 Å². The largest absolute Gasteiger partial charge is 0.480 e. The molecule has 0 bridgehead atoms. The average Bonchev–Trinajstić information content (AvgIpc) is 1.60. The Labute approximate surface area is 588 Å². The number of para-hydroxylation sites is 2. The van der Waals surface area contributed by atoms with Crippen molar-refractivity contribution in [2.24, 2.45) is 0 Å². The third-order valence-corrected chi connectivity index (χ3v) is 28.1. The Hall–Kier alpha value is -9.05. The number of thiophene rings is 8. The lowest BCUT2D eigenvalue weighted by Crippen LogP contribution is -2.30. The van der Waals surface area contributed by atoms with Crippen molar-refractivity contribution in [3.8, 4) is 91.5 Å². The number of nitrogens with one attached hydrogen (secondary N) is 1. The average molecular weight is 1410 g/mol. The fourth-order valence-electron chi connectivity index (χ4n) is 12.5. The summed E-state index contributed by atoms with van der Waals surface area (Å²) in [6.45, 7) is 22.7. The van der Waals surface area contributed by atoms with Gasteiger partial charge in [-0.25, -0.2) is 4.79 Å². The van der Waals surface area contributed by atoms with Crippen LogP contribution in [0.4, 0.5) is 0 Å². The van der Waals surface area contributed by atoms with E-state index < -0.39 is 24.4 Å². The monoisotopic (exact) mass is 1410 g/mol. The first kappa shape index (κ1) is 65.6. The van der Waals surface area contributed by atoms with Crippen LogP contribution in [0.25, 0.3) is 135 Å². The number of rotatable bonds is 16. The van der Waals surface area contributed by atoms with Gasteiger partial charge < -0.3 is 24.7 Å². The molecule has 10 nitrogen and oxygen atoms in total. The van der Waals surface area contributed by atoms with E-state index in [4.69, 9.17) is 5.11 Å². The number of fused-ring (bicyclic) bond motifs is 6. The molecular weight excluding hydrogens is 1340 g/mol. The van der Waals surface area contributed by atoms with Crippen LogP contribution >= 0.6 is 90.7 Å². The number of nitrogens with zero attached hydrogens (tertiary/aromatic N) is 4. The third kappa shape index (κ3) is 12.4. The van der Waals surface area contributed by atoms with E-state index in [0.29, 0.717) is 0 Å². The highest BCUT2D eigenvalue weighted by molar-refractivity contribution is 7.30. The fourth-order valence-corrected chi connectivity index (χ4v) is 22.8. The van der Waals surface area contributed by atoms with Gasteiger partial charge in [-0.05, 0) is 222 Å². The predicted octanol–water partition coefficient (Wildman–Crippen LogP) is 23.0. The first-order valence-corrected chi connectivity index (χ1v) is 37.6. The maximum atomic E-state index is 12.4. The van der Waals surface area contributed by atoms with Gasteiger partial charge in [0, 0.05) is 135 Å². The molecule has 0 radical (unpaired) electrons. The zero-order valence-electron chi connectivity index (χ0n) is 54.2. The van der Waals surface area contributed by atoms with E-state index in [1.807, 2.05) is 65.3 Å². The zero-order chi connectivity index (χ0) is 67.5. The second kappa shape index (κ2) is 26.9. The van der Waals surface area contributed by atoms with Gasteiger partial charge in [-0.1, -0.05) is 48.5 Å². The van der Waals surface area contributed by atoms with E-state index in [-0.39, 0.29) is 11.1 Å². The molecule has 10 aromatic heterocycles. The molecule has 1 amide bonds. The summed E-state index contributed by atoms with van der Waals surface area (Å²) in [6, 6.07) is 52.8. The molecule has 478 valence electrons. The molecule has 0 aliphatic heterocycles. The number of amides is 1. The summed E-state index contributed by atoms with van der Waals surface area (Å²) in [5, 5.41) is 44.4. The van der Waals surface area contributed by atoms with Gasteiger partial charge in [-0.3, -0.25) is 9.59 Å². The number of carbonyl (C=O) groups is 3. The van der Waals surface area contributed by atoms with Crippen LogP contribution in [0, 0.1) is 78.1 Å². The molecular formula is C78H63N5O5S8. The SMILES string of the molecule is CCn1c2ccccc2c2cc(-c3cc(C)c(-c4cc(C)c(-c5cc(C)c(-c6cc(C)c(/C=C(\C#N)C(=O)NCC(=O)O)s6)s5)s4)s3)ccc21.CCn1c2ccccc2c2cc(-c3cc(C)c(-c4cc(C)c(-c5cc(C)c(-c6cc(C)c(/C=C(\C#N)C(=O)O)s6)s5)s4)s3)ccc21. The van der Waals surface area contributed by atoms with E-state index in [9.17, 15) is 30.0 Å². The maximum Gasteiger partial charge on any atom is 0.346 e. The lowest BCUT2D eigenvalue weighted by Gasteiger charge is -2.03. The highest BCUT2D eigenvalue weighted by Gasteiger charge is 2.24. The quantitative estimate of drug-likeness (QED) is 0.0641. The van der Waals surface area contributed by atoms with Crippen LogP contribution in [0.1, 0.15) is 68.1 Å². The van der Waals surface area contributed by atoms with Gasteiger partial charge >= 0.3 is 11.9 Å². The first-order valence-electron chi connectivity index (χ1n) is 31.1. The highest BCUT2D eigenvalue weighted by Crippen LogP contribution is 2.52. The van der Waals surface area contributed by atoms with Crippen molar-refractivity contribution in [2.45, 2.75) is 82.3 Å². The summed E-state index contributed by atoms with van der Waals surface area (Å²) in [7, 11) is 0. The lowest BCUT2D eigenvalue weighted by molar-refractivity contribution is -0.137. The van der Waals surface area contributed by atoms with Gasteiger partial charge in [0.15, 0.2) is 0 Å². The number of aryl methyl sites for hydroxylation is 10.